The van der Waals surface area contributed by atoms with Crippen LogP contribution in [0.25, 0.3) is 0 Å². The monoisotopic (exact) mass is 278 g/mol. The van der Waals surface area contributed by atoms with Gasteiger partial charge in [0.15, 0.2) is 5.41 Å². The Bertz CT molecular complexity index is 344. The molecule has 1 saturated heterocycles. The van der Waals surface area contributed by atoms with E-state index in [4.69, 9.17) is 0 Å². The minimum Gasteiger partial charge on any atom is -0.339 e. The molecule has 0 radical (unpaired) electrons. The standard InChI is InChI=1S/C13H21F3N2O/c1-9(2)7-18(10-3-4-10)11(19)12(13(14,15)16)5-6-17-8-12/h9-10,17H,3-8H2,1-2H3. The zero-order valence-electron chi connectivity index (χ0n) is 11.4. The number of hydrogen-bond donors (Lipinski definition) is 1. The van der Waals surface area contributed by atoms with Crippen LogP contribution in [0.5, 0.6) is 0 Å². The van der Waals surface area contributed by atoms with Crippen molar-refractivity contribution in [2.24, 2.45) is 11.3 Å². The van der Waals surface area contributed by atoms with Crippen molar-refractivity contribution in [1.82, 2.24) is 10.2 Å². The molecule has 6 heteroatoms. The molecule has 0 aromatic carbocycles. The Morgan fingerprint density at radius 2 is 2.05 bits per heavy atom. The third-order valence-corrected chi connectivity index (χ3v) is 3.92. The first-order chi connectivity index (χ1) is 8.78. The molecule has 0 bridgehead atoms. The van der Waals surface area contributed by atoms with Crippen LogP contribution in [0.2, 0.25) is 0 Å². The summed E-state index contributed by atoms with van der Waals surface area (Å²) in [5.41, 5.74) is -2.20. The molecule has 1 aliphatic carbocycles. The minimum absolute atomic E-state index is 0.0229. The summed E-state index contributed by atoms with van der Waals surface area (Å²) in [4.78, 5) is 14.0. The van der Waals surface area contributed by atoms with Gasteiger partial charge in [-0.25, -0.2) is 0 Å². The third kappa shape index (κ3) is 2.73. The predicted octanol–water partition coefficient (Wildman–Crippen LogP) is 2.18. The molecule has 1 saturated carbocycles. The van der Waals surface area contributed by atoms with Crippen molar-refractivity contribution in [3.05, 3.63) is 0 Å². The van der Waals surface area contributed by atoms with Gasteiger partial charge in [-0.15, -0.1) is 0 Å². The Balaban J connectivity index is 2.23. The van der Waals surface area contributed by atoms with Crippen LogP contribution in [0, 0.1) is 11.3 Å². The number of halogens is 3. The third-order valence-electron chi connectivity index (χ3n) is 3.92. The fourth-order valence-electron chi connectivity index (χ4n) is 2.69. The number of nitrogens with one attached hydrogen (secondary N) is 1. The van der Waals surface area contributed by atoms with E-state index in [9.17, 15) is 18.0 Å². The van der Waals surface area contributed by atoms with E-state index in [1.165, 1.54) is 4.90 Å². The predicted molar refractivity (Wildman–Crippen MR) is 65.5 cm³/mol. The molecule has 1 N–H and O–H groups in total. The minimum atomic E-state index is -4.47. The molecular weight excluding hydrogens is 257 g/mol. The van der Waals surface area contributed by atoms with Gasteiger partial charge >= 0.3 is 6.18 Å². The van der Waals surface area contributed by atoms with E-state index in [2.05, 4.69) is 5.32 Å². The smallest absolute Gasteiger partial charge is 0.339 e. The fraction of sp³-hybridized carbons (Fsp3) is 0.923. The summed E-state index contributed by atoms with van der Waals surface area (Å²) < 4.78 is 40.1. The van der Waals surface area contributed by atoms with Crippen molar-refractivity contribution in [3.8, 4) is 0 Å². The first kappa shape index (κ1) is 14.6. The molecule has 19 heavy (non-hydrogen) atoms. The van der Waals surface area contributed by atoms with Gasteiger partial charge in [-0.05, 0) is 31.7 Å². The zero-order valence-corrected chi connectivity index (χ0v) is 11.4. The highest BCUT2D eigenvalue weighted by Crippen LogP contribution is 2.46. The normalized spacial score (nSPS) is 27.9. The quantitative estimate of drug-likeness (QED) is 0.855. The number of nitrogens with zero attached hydrogens (tertiary/aromatic N) is 1. The molecular formula is C13H21F3N2O. The van der Waals surface area contributed by atoms with E-state index >= 15 is 0 Å². The molecule has 2 fully saturated rings. The lowest BCUT2D eigenvalue weighted by Gasteiger charge is -2.36. The Morgan fingerprint density at radius 3 is 2.42 bits per heavy atom. The van der Waals surface area contributed by atoms with Crippen LogP contribution in [0.3, 0.4) is 0 Å². The van der Waals surface area contributed by atoms with Gasteiger partial charge in [-0.3, -0.25) is 4.79 Å². The topological polar surface area (TPSA) is 32.3 Å². The van der Waals surface area contributed by atoms with Crippen molar-refractivity contribution in [3.63, 3.8) is 0 Å². The fourth-order valence-corrected chi connectivity index (χ4v) is 2.69. The number of carbonyl (C=O) groups excluding carboxylic acids is 1. The van der Waals surface area contributed by atoms with Crippen LogP contribution >= 0.6 is 0 Å². The first-order valence-electron chi connectivity index (χ1n) is 6.86. The lowest BCUT2D eigenvalue weighted by atomic mass is 9.84. The molecule has 1 unspecified atom stereocenters. The van der Waals surface area contributed by atoms with Gasteiger partial charge in [0.1, 0.15) is 0 Å². The van der Waals surface area contributed by atoms with Crippen LogP contribution in [0.4, 0.5) is 13.2 Å². The Labute approximate surface area is 111 Å². The molecule has 0 spiro atoms. The summed E-state index contributed by atoms with van der Waals surface area (Å²) in [6.45, 7) is 4.25. The van der Waals surface area contributed by atoms with Crippen LogP contribution < -0.4 is 5.32 Å². The zero-order chi connectivity index (χ0) is 14.3. The number of carbonyl (C=O) groups is 1. The largest absolute Gasteiger partial charge is 0.404 e. The van der Waals surface area contributed by atoms with Crippen LogP contribution in [0.15, 0.2) is 0 Å². The van der Waals surface area contributed by atoms with Gasteiger partial charge in [0, 0.05) is 19.1 Å². The van der Waals surface area contributed by atoms with Crippen molar-refractivity contribution in [2.45, 2.75) is 45.3 Å². The SMILES string of the molecule is CC(C)CN(C(=O)C1(C(F)(F)F)CCNC1)C1CC1. The maximum atomic E-state index is 13.4. The molecule has 2 aliphatic rings. The Morgan fingerprint density at radius 1 is 1.42 bits per heavy atom. The molecule has 1 amide bonds. The van der Waals surface area contributed by atoms with Crippen molar-refractivity contribution >= 4 is 5.91 Å². The van der Waals surface area contributed by atoms with Gasteiger partial charge < -0.3 is 10.2 Å². The highest BCUT2D eigenvalue weighted by atomic mass is 19.4. The second-order valence-corrected chi connectivity index (χ2v) is 6.09. The number of alkyl halides is 3. The van der Waals surface area contributed by atoms with E-state index in [1.807, 2.05) is 13.8 Å². The average Bonchev–Trinajstić information content (AvgIpc) is 2.99. The van der Waals surface area contributed by atoms with E-state index in [-0.39, 0.29) is 31.5 Å². The number of amides is 1. The second kappa shape index (κ2) is 4.96. The maximum Gasteiger partial charge on any atom is 0.404 e. The van der Waals surface area contributed by atoms with E-state index in [1.54, 1.807) is 0 Å². The molecule has 0 aromatic rings. The average molecular weight is 278 g/mol. The maximum absolute atomic E-state index is 13.4. The van der Waals surface area contributed by atoms with E-state index in [0.717, 1.165) is 12.8 Å². The summed E-state index contributed by atoms with van der Waals surface area (Å²) in [5, 5.41) is 2.70. The first-order valence-corrected chi connectivity index (χ1v) is 6.86. The summed E-state index contributed by atoms with van der Waals surface area (Å²) in [7, 11) is 0. The van der Waals surface area contributed by atoms with Crippen molar-refractivity contribution < 1.29 is 18.0 Å². The van der Waals surface area contributed by atoms with Gasteiger partial charge in [0.25, 0.3) is 0 Å². The molecule has 1 atom stereocenters. The second-order valence-electron chi connectivity index (χ2n) is 6.09. The van der Waals surface area contributed by atoms with Gasteiger partial charge in [-0.2, -0.15) is 13.2 Å². The number of hydrogen-bond acceptors (Lipinski definition) is 2. The molecule has 1 heterocycles. The Hall–Kier alpha value is -0.780. The summed E-state index contributed by atoms with van der Waals surface area (Å²) in [6.07, 6.45) is -2.95. The Kier molecular flexibility index (Phi) is 3.82. The van der Waals surface area contributed by atoms with Gasteiger partial charge in [-0.1, -0.05) is 13.8 Å². The van der Waals surface area contributed by atoms with Gasteiger partial charge in [0.2, 0.25) is 5.91 Å². The van der Waals surface area contributed by atoms with E-state index < -0.39 is 17.5 Å². The van der Waals surface area contributed by atoms with E-state index in [0.29, 0.717) is 6.54 Å². The van der Waals surface area contributed by atoms with Gasteiger partial charge in [0.05, 0.1) is 0 Å². The molecule has 2 rings (SSSR count). The van der Waals surface area contributed by atoms with Crippen molar-refractivity contribution in [1.29, 1.82) is 0 Å². The highest BCUT2D eigenvalue weighted by Gasteiger charge is 2.63. The molecule has 1 aliphatic heterocycles. The van der Waals surface area contributed by atoms with Crippen LogP contribution in [-0.2, 0) is 4.79 Å². The van der Waals surface area contributed by atoms with Crippen molar-refractivity contribution in [2.75, 3.05) is 19.6 Å². The van der Waals surface area contributed by atoms with Crippen LogP contribution in [-0.4, -0.2) is 42.7 Å². The molecule has 0 aromatic heterocycles. The number of rotatable bonds is 4. The molecule has 110 valence electrons. The van der Waals surface area contributed by atoms with Crippen LogP contribution in [0.1, 0.15) is 33.1 Å². The summed E-state index contributed by atoms with van der Waals surface area (Å²) >= 11 is 0. The summed E-state index contributed by atoms with van der Waals surface area (Å²) in [5.74, 6) is -0.537. The summed E-state index contributed by atoms with van der Waals surface area (Å²) in [6, 6.07) is 0.0229. The highest BCUT2D eigenvalue weighted by molar-refractivity contribution is 5.85. The lowest BCUT2D eigenvalue weighted by Crippen LogP contribution is -2.54. The lowest BCUT2D eigenvalue weighted by molar-refractivity contribution is -0.222. The molecule has 3 nitrogen and oxygen atoms in total.